The van der Waals surface area contributed by atoms with Crippen molar-refractivity contribution >= 4 is 11.8 Å². The number of nitrogens with zero attached hydrogens (tertiary/aromatic N) is 2. The van der Waals surface area contributed by atoms with Gasteiger partial charge in [-0.1, -0.05) is 69.6 Å². The lowest BCUT2D eigenvalue weighted by atomic mass is 10.1. The number of carbonyl (C=O) groups excluding carboxylic acids is 2. The minimum Gasteiger partial charge on any atom is -0.356 e. The van der Waals surface area contributed by atoms with E-state index in [2.05, 4.69) is 63.8 Å². The second-order valence-corrected chi connectivity index (χ2v) is 10.0. The lowest BCUT2D eigenvalue weighted by molar-refractivity contribution is -0.121. The highest BCUT2D eigenvalue weighted by Gasteiger charge is 2.16. The molecule has 0 aromatic heterocycles. The van der Waals surface area contributed by atoms with Crippen molar-refractivity contribution in [3.8, 4) is 0 Å². The number of unbranched alkanes of at least 4 members (excludes halogenated alkanes) is 5. The number of piperazine rings is 1. The number of hydrogen-bond donors (Lipinski definition) is 2. The molecule has 6 nitrogen and oxygen atoms in total. The summed E-state index contributed by atoms with van der Waals surface area (Å²) in [6.07, 6.45) is 27.0. The molecule has 6 heteroatoms. The molecule has 0 unspecified atom stereocenters. The van der Waals surface area contributed by atoms with Gasteiger partial charge in [0.1, 0.15) is 0 Å². The monoisotopic (exact) mass is 516 g/mol. The van der Waals surface area contributed by atoms with Gasteiger partial charge in [0.25, 0.3) is 0 Å². The van der Waals surface area contributed by atoms with Crippen LogP contribution in [0.25, 0.3) is 0 Å². The van der Waals surface area contributed by atoms with Crippen LogP contribution in [0.15, 0.2) is 36.5 Å². The molecule has 0 saturated carbocycles. The fourth-order valence-electron chi connectivity index (χ4n) is 4.42. The van der Waals surface area contributed by atoms with E-state index in [1.165, 1.54) is 19.3 Å². The first-order valence-corrected chi connectivity index (χ1v) is 15.1. The third-order valence-corrected chi connectivity index (χ3v) is 6.79. The highest BCUT2D eigenvalue weighted by molar-refractivity contribution is 5.75. The van der Waals surface area contributed by atoms with Crippen LogP contribution in [0, 0.1) is 0 Å². The molecule has 1 heterocycles. The SMILES string of the molecule is CC/C=C/C/C=C/C/C=C/CCCCCCCC(=O)NCCCN1CCN(CCCNC(=O)CC)CC1. The van der Waals surface area contributed by atoms with Gasteiger partial charge in [-0.15, -0.1) is 0 Å². The predicted molar refractivity (Wildman–Crippen MR) is 158 cm³/mol. The summed E-state index contributed by atoms with van der Waals surface area (Å²) >= 11 is 0. The molecule has 1 aliphatic rings. The first-order chi connectivity index (χ1) is 18.2. The van der Waals surface area contributed by atoms with Crippen molar-refractivity contribution in [1.82, 2.24) is 20.4 Å². The van der Waals surface area contributed by atoms with Gasteiger partial charge in [0.15, 0.2) is 0 Å². The largest absolute Gasteiger partial charge is 0.356 e. The van der Waals surface area contributed by atoms with E-state index in [9.17, 15) is 9.59 Å². The number of amides is 2. The zero-order valence-electron chi connectivity index (χ0n) is 24.0. The van der Waals surface area contributed by atoms with Crippen molar-refractivity contribution in [2.75, 3.05) is 52.4 Å². The Morgan fingerprint density at radius 2 is 1.14 bits per heavy atom. The Morgan fingerprint density at radius 3 is 1.73 bits per heavy atom. The van der Waals surface area contributed by atoms with Crippen LogP contribution in [-0.2, 0) is 9.59 Å². The maximum absolute atomic E-state index is 12.1. The van der Waals surface area contributed by atoms with Gasteiger partial charge in [0.2, 0.25) is 11.8 Å². The Kier molecular flexibility index (Phi) is 21.9. The third kappa shape index (κ3) is 20.8. The molecule has 1 fully saturated rings. The minimum absolute atomic E-state index is 0.140. The van der Waals surface area contributed by atoms with Gasteiger partial charge in [-0.2, -0.15) is 0 Å². The summed E-state index contributed by atoms with van der Waals surface area (Å²) in [5.74, 6) is 0.350. The van der Waals surface area contributed by atoms with Gasteiger partial charge >= 0.3 is 0 Å². The van der Waals surface area contributed by atoms with Gasteiger partial charge in [0, 0.05) is 52.1 Å². The van der Waals surface area contributed by atoms with E-state index < -0.39 is 0 Å². The lowest BCUT2D eigenvalue weighted by Crippen LogP contribution is -2.47. The molecule has 37 heavy (non-hydrogen) atoms. The summed E-state index contributed by atoms with van der Waals surface area (Å²) < 4.78 is 0. The molecular formula is C31H56N4O2. The van der Waals surface area contributed by atoms with Gasteiger partial charge in [-0.25, -0.2) is 0 Å². The van der Waals surface area contributed by atoms with Crippen LogP contribution in [0.1, 0.15) is 97.3 Å². The van der Waals surface area contributed by atoms with E-state index in [-0.39, 0.29) is 11.8 Å². The van der Waals surface area contributed by atoms with Crippen LogP contribution in [0.4, 0.5) is 0 Å². The summed E-state index contributed by atoms with van der Waals surface area (Å²) in [4.78, 5) is 28.3. The van der Waals surface area contributed by atoms with Crippen LogP contribution >= 0.6 is 0 Å². The molecule has 0 aromatic rings. The second kappa shape index (κ2) is 24.4. The zero-order chi connectivity index (χ0) is 26.8. The fraction of sp³-hybridized carbons (Fsp3) is 0.742. The highest BCUT2D eigenvalue weighted by Crippen LogP contribution is 2.08. The topological polar surface area (TPSA) is 64.7 Å². The van der Waals surface area contributed by atoms with E-state index in [1.807, 2.05) is 6.92 Å². The normalized spacial score (nSPS) is 15.3. The fourth-order valence-corrected chi connectivity index (χ4v) is 4.42. The maximum Gasteiger partial charge on any atom is 0.219 e. The van der Waals surface area contributed by atoms with Crippen molar-refractivity contribution in [3.63, 3.8) is 0 Å². The highest BCUT2D eigenvalue weighted by atomic mass is 16.2. The molecule has 1 aliphatic heterocycles. The molecule has 2 amide bonds. The van der Waals surface area contributed by atoms with Crippen LogP contribution < -0.4 is 10.6 Å². The molecule has 1 rings (SSSR count). The molecule has 0 radical (unpaired) electrons. The number of hydrogen-bond acceptors (Lipinski definition) is 4. The van der Waals surface area contributed by atoms with Crippen molar-refractivity contribution in [1.29, 1.82) is 0 Å². The Morgan fingerprint density at radius 1 is 0.622 bits per heavy atom. The Labute approximate surface area is 228 Å². The van der Waals surface area contributed by atoms with Crippen LogP contribution in [0.3, 0.4) is 0 Å². The summed E-state index contributed by atoms with van der Waals surface area (Å²) in [6, 6.07) is 0. The summed E-state index contributed by atoms with van der Waals surface area (Å²) in [6.45, 7) is 12.1. The molecule has 0 spiro atoms. The van der Waals surface area contributed by atoms with Crippen molar-refractivity contribution in [3.05, 3.63) is 36.5 Å². The Bertz CT molecular complexity index is 652. The molecule has 212 valence electrons. The van der Waals surface area contributed by atoms with E-state index in [1.54, 1.807) is 0 Å². The number of allylic oxidation sites excluding steroid dienone is 6. The average Bonchev–Trinajstić information content (AvgIpc) is 2.91. The van der Waals surface area contributed by atoms with Crippen molar-refractivity contribution < 1.29 is 9.59 Å². The van der Waals surface area contributed by atoms with Crippen LogP contribution in [0.2, 0.25) is 0 Å². The first-order valence-electron chi connectivity index (χ1n) is 15.1. The lowest BCUT2D eigenvalue weighted by Gasteiger charge is -2.34. The van der Waals surface area contributed by atoms with E-state index in [0.29, 0.717) is 12.8 Å². The van der Waals surface area contributed by atoms with Crippen LogP contribution in [0.5, 0.6) is 0 Å². The first kappa shape index (κ1) is 33.1. The maximum atomic E-state index is 12.1. The van der Waals surface area contributed by atoms with E-state index in [4.69, 9.17) is 0 Å². The summed E-state index contributed by atoms with van der Waals surface area (Å²) in [5.41, 5.74) is 0. The molecule has 0 atom stereocenters. The molecule has 0 aliphatic carbocycles. The predicted octanol–water partition coefficient (Wildman–Crippen LogP) is 5.62. The standard InChI is InChI=1S/C31H56N4O2/c1-3-5-6-7-8-9-10-11-12-13-14-15-16-17-18-21-31(37)33-23-20-25-35-28-26-34(27-29-35)24-19-22-32-30(36)4-2/h5-6,8-9,11-12H,3-4,7,10,13-29H2,1-2H3,(H,32,36)(H,33,37)/b6-5+,9-8+,12-11+. The molecule has 0 bridgehead atoms. The minimum atomic E-state index is 0.140. The van der Waals surface area contributed by atoms with Gasteiger partial charge in [-0.3, -0.25) is 9.59 Å². The summed E-state index contributed by atoms with van der Waals surface area (Å²) in [5, 5.41) is 6.05. The quantitative estimate of drug-likeness (QED) is 0.145. The van der Waals surface area contributed by atoms with Crippen LogP contribution in [-0.4, -0.2) is 74.0 Å². The van der Waals surface area contributed by atoms with E-state index >= 15 is 0 Å². The van der Waals surface area contributed by atoms with Crippen molar-refractivity contribution in [2.24, 2.45) is 0 Å². The Balaban J connectivity index is 1.86. The second-order valence-electron chi connectivity index (χ2n) is 10.0. The van der Waals surface area contributed by atoms with Gasteiger partial charge in [0.05, 0.1) is 0 Å². The third-order valence-electron chi connectivity index (χ3n) is 6.79. The van der Waals surface area contributed by atoms with Gasteiger partial charge in [-0.05, 0) is 64.5 Å². The zero-order valence-corrected chi connectivity index (χ0v) is 24.0. The summed E-state index contributed by atoms with van der Waals surface area (Å²) in [7, 11) is 0. The molecular weight excluding hydrogens is 460 g/mol. The molecule has 2 N–H and O–H groups in total. The molecule has 0 aromatic carbocycles. The Hall–Kier alpha value is -1.92. The number of carbonyl (C=O) groups is 2. The smallest absolute Gasteiger partial charge is 0.219 e. The molecule has 1 saturated heterocycles. The van der Waals surface area contributed by atoms with Crippen molar-refractivity contribution in [2.45, 2.75) is 97.3 Å². The number of rotatable bonds is 22. The van der Waals surface area contributed by atoms with E-state index in [0.717, 1.165) is 104 Å². The van der Waals surface area contributed by atoms with Gasteiger partial charge < -0.3 is 20.4 Å². The number of nitrogens with one attached hydrogen (secondary N) is 2. The average molecular weight is 517 g/mol.